The summed E-state index contributed by atoms with van der Waals surface area (Å²) in [7, 11) is 0. The maximum absolute atomic E-state index is 12.7. The van der Waals surface area contributed by atoms with E-state index < -0.39 is 0 Å². The Labute approximate surface area is 118 Å². The molecule has 0 aromatic heterocycles. The lowest BCUT2D eigenvalue weighted by Crippen LogP contribution is -2.25. The number of carbonyl (C=O) groups excluding carboxylic acids is 2. The molecule has 4 nitrogen and oxygen atoms in total. The number of anilines is 1. The van der Waals surface area contributed by atoms with Crippen LogP contribution in [0.4, 0.5) is 5.69 Å². The Kier molecular flexibility index (Phi) is 2.53. The smallest absolute Gasteiger partial charge is 0.262 e. The highest BCUT2D eigenvalue weighted by Gasteiger charge is 2.67. The van der Waals surface area contributed by atoms with Gasteiger partial charge in [0.2, 0.25) is 0 Å². The van der Waals surface area contributed by atoms with Gasteiger partial charge in [0, 0.05) is 11.5 Å². The molecule has 1 N–H and O–H groups in total. The van der Waals surface area contributed by atoms with E-state index in [4.69, 9.17) is 4.74 Å². The Balaban J connectivity index is 1.91. The molecule has 1 fully saturated rings. The first kappa shape index (κ1) is 13.2. The molecule has 0 unspecified atom stereocenters. The summed E-state index contributed by atoms with van der Waals surface area (Å²) in [5.41, 5.74) is 1.25. The van der Waals surface area contributed by atoms with E-state index in [1.54, 1.807) is 18.2 Å². The molecular weight excluding hydrogens is 254 g/mol. The second-order valence-electron chi connectivity index (χ2n) is 6.79. The van der Waals surface area contributed by atoms with Gasteiger partial charge in [-0.15, -0.1) is 0 Å². The van der Waals surface area contributed by atoms with Crippen LogP contribution in [0, 0.1) is 16.7 Å². The van der Waals surface area contributed by atoms with Gasteiger partial charge in [0.1, 0.15) is 5.75 Å². The van der Waals surface area contributed by atoms with E-state index in [0.29, 0.717) is 17.0 Å². The Morgan fingerprint density at radius 2 is 1.90 bits per heavy atom. The van der Waals surface area contributed by atoms with Crippen LogP contribution < -0.4 is 10.1 Å². The number of Topliss-reactive ketones (excluding diaryl/α,β-unsaturated/α-hetero) is 1. The number of nitrogens with one attached hydrogen (secondary N) is 1. The van der Waals surface area contributed by atoms with Crippen molar-refractivity contribution in [2.45, 2.75) is 27.7 Å². The van der Waals surface area contributed by atoms with E-state index in [2.05, 4.69) is 33.0 Å². The fourth-order valence-electron chi connectivity index (χ4n) is 3.25. The van der Waals surface area contributed by atoms with Gasteiger partial charge in [0.05, 0.1) is 5.69 Å². The van der Waals surface area contributed by atoms with Crippen molar-refractivity contribution < 1.29 is 14.3 Å². The standard InChI is InChI=1S/C16H19NO3/c1-15(2)14(16(15,3)4)13(19)9-5-6-11-10(7-9)17-12(18)8-20-11/h5-7,14H,8H2,1-4H3,(H,17,18). The van der Waals surface area contributed by atoms with Gasteiger partial charge >= 0.3 is 0 Å². The van der Waals surface area contributed by atoms with Crippen molar-refractivity contribution in [1.29, 1.82) is 0 Å². The first-order valence-corrected chi connectivity index (χ1v) is 6.86. The second-order valence-corrected chi connectivity index (χ2v) is 6.79. The number of benzene rings is 1. The molecule has 1 saturated carbocycles. The van der Waals surface area contributed by atoms with Crippen molar-refractivity contribution in [3.05, 3.63) is 23.8 Å². The predicted molar refractivity (Wildman–Crippen MR) is 75.9 cm³/mol. The van der Waals surface area contributed by atoms with Crippen LogP contribution in [-0.4, -0.2) is 18.3 Å². The van der Waals surface area contributed by atoms with Gasteiger partial charge < -0.3 is 10.1 Å². The summed E-state index contributed by atoms with van der Waals surface area (Å²) in [6, 6.07) is 5.26. The van der Waals surface area contributed by atoms with Crippen molar-refractivity contribution >= 4 is 17.4 Å². The molecule has 0 spiro atoms. The number of ketones is 1. The average molecular weight is 273 g/mol. The minimum absolute atomic E-state index is 0.0136. The van der Waals surface area contributed by atoms with Crippen LogP contribution in [0.1, 0.15) is 38.1 Å². The quantitative estimate of drug-likeness (QED) is 0.843. The monoisotopic (exact) mass is 273 g/mol. The van der Waals surface area contributed by atoms with Crippen molar-refractivity contribution in [3.8, 4) is 5.75 Å². The lowest BCUT2D eigenvalue weighted by Gasteiger charge is -2.18. The largest absolute Gasteiger partial charge is 0.482 e. The molecule has 0 saturated heterocycles. The highest BCUT2D eigenvalue weighted by Crippen LogP contribution is 2.69. The molecule has 0 atom stereocenters. The summed E-state index contributed by atoms with van der Waals surface area (Å²) < 4.78 is 5.31. The predicted octanol–water partition coefficient (Wildman–Crippen LogP) is 2.88. The number of ether oxygens (including phenoxy) is 1. The fraction of sp³-hybridized carbons (Fsp3) is 0.500. The van der Waals surface area contributed by atoms with E-state index in [0.717, 1.165) is 0 Å². The minimum atomic E-state index is -0.186. The van der Waals surface area contributed by atoms with Crippen molar-refractivity contribution in [3.63, 3.8) is 0 Å². The molecule has 1 aliphatic heterocycles. The molecule has 1 amide bonds. The summed E-state index contributed by atoms with van der Waals surface area (Å²) in [6.45, 7) is 8.53. The maximum Gasteiger partial charge on any atom is 0.262 e. The lowest BCUT2D eigenvalue weighted by molar-refractivity contribution is -0.118. The van der Waals surface area contributed by atoms with Gasteiger partial charge in [-0.1, -0.05) is 27.7 Å². The number of hydrogen-bond donors (Lipinski definition) is 1. The molecule has 3 rings (SSSR count). The summed E-state index contributed by atoms with van der Waals surface area (Å²) in [5.74, 6) is 0.598. The van der Waals surface area contributed by atoms with E-state index >= 15 is 0 Å². The average Bonchev–Trinajstić information content (AvgIpc) is 2.78. The third kappa shape index (κ3) is 1.67. The van der Waals surface area contributed by atoms with Crippen LogP contribution >= 0.6 is 0 Å². The van der Waals surface area contributed by atoms with Crippen LogP contribution in [0.3, 0.4) is 0 Å². The number of amides is 1. The SMILES string of the molecule is CC1(C)C(C(=O)c2ccc3c(c2)NC(=O)CO3)C1(C)C. The highest BCUT2D eigenvalue weighted by atomic mass is 16.5. The van der Waals surface area contributed by atoms with Gasteiger partial charge in [-0.05, 0) is 29.0 Å². The van der Waals surface area contributed by atoms with Crippen LogP contribution in [0.5, 0.6) is 5.75 Å². The van der Waals surface area contributed by atoms with Gasteiger partial charge in [0.15, 0.2) is 12.4 Å². The molecule has 0 bridgehead atoms. The fourth-order valence-corrected chi connectivity index (χ4v) is 3.25. The van der Waals surface area contributed by atoms with Gasteiger partial charge in [-0.2, -0.15) is 0 Å². The van der Waals surface area contributed by atoms with Crippen molar-refractivity contribution in [2.75, 3.05) is 11.9 Å². The Bertz CT molecular complexity index is 602. The summed E-state index contributed by atoms with van der Waals surface area (Å²) in [4.78, 5) is 24.0. The van der Waals surface area contributed by atoms with Crippen LogP contribution in [-0.2, 0) is 4.79 Å². The van der Waals surface area contributed by atoms with Gasteiger partial charge in [-0.25, -0.2) is 0 Å². The molecular formula is C16H19NO3. The molecule has 0 radical (unpaired) electrons. The van der Waals surface area contributed by atoms with Crippen LogP contribution in [0.2, 0.25) is 0 Å². The zero-order valence-electron chi connectivity index (χ0n) is 12.2. The third-order valence-corrected chi connectivity index (χ3v) is 5.18. The topological polar surface area (TPSA) is 55.4 Å². The van der Waals surface area contributed by atoms with Gasteiger partial charge in [0.25, 0.3) is 5.91 Å². The van der Waals surface area contributed by atoms with E-state index in [-0.39, 0.29) is 35.0 Å². The summed E-state index contributed by atoms with van der Waals surface area (Å²) >= 11 is 0. The molecule has 1 heterocycles. The molecule has 4 heteroatoms. The first-order chi connectivity index (χ1) is 9.25. The van der Waals surface area contributed by atoms with E-state index in [1.807, 2.05) is 0 Å². The molecule has 20 heavy (non-hydrogen) atoms. The number of carbonyl (C=O) groups is 2. The molecule has 1 aromatic rings. The van der Waals surface area contributed by atoms with Crippen LogP contribution in [0.25, 0.3) is 0 Å². The first-order valence-electron chi connectivity index (χ1n) is 6.86. The summed E-state index contributed by atoms with van der Waals surface area (Å²) in [6.07, 6.45) is 0. The Morgan fingerprint density at radius 3 is 2.50 bits per heavy atom. The Morgan fingerprint density at radius 1 is 1.25 bits per heavy atom. The minimum Gasteiger partial charge on any atom is -0.482 e. The molecule has 106 valence electrons. The molecule has 2 aliphatic rings. The van der Waals surface area contributed by atoms with E-state index in [1.165, 1.54) is 0 Å². The number of fused-ring (bicyclic) bond motifs is 1. The van der Waals surface area contributed by atoms with Crippen molar-refractivity contribution in [1.82, 2.24) is 0 Å². The number of rotatable bonds is 2. The van der Waals surface area contributed by atoms with Gasteiger partial charge in [-0.3, -0.25) is 9.59 Å². The third-order valence-electron chi connectivity index (χ3n) is 5.18. The van der Waals surface area contributed by atoms with E-state index in [9.17, 15) is 9.59 Å². The summed E-state index contributed by atoms with van der Waals surface area (Å²) in [5, 5.41) is 2.74. The lowest BCUT2D eigenvalue weighted by atomic mass is 10.0. The van der Waals surface area contributed by atoms with Crippen molar-refractivity contribution in [2.24, 2.45) is 16.7 Å². The van der Waals surface area contributed by atoms with Crippen LogP contribution in [0.15, 0.2) is 18.2 Å². The second kappa shape index (κ2) is 3.84. The zero-order valence-corrected chi connectivity index (χ0v) is 12.2. The molecule has 1 aliphatic carbocycles. The maximum atomic E-state index is 12.7. The Hall–Kier alpha value is -1.84. The molecule has 1 aromatic carbocycles. The highest BCUT2D eigenvalue weighted by molar-refractivity contribution is 6.03. The number of hydrogen-bond acceptors (Lipinski definition) is 3. The zero-order chi connectivity index (χ0) is 14.7. The normalized spacial score (nSPS) is 22.5.